The van der Waals surface area contributed by atoms with Gasteiger partial charge in [-0.05, 0) is 47.2 Å². The summed E-state index contributed by atoms with van der Waals surface area (Å²) in [4.78, 5) is 14.3. The number of ether oxygens (including phenoxy) is 1. The first-order valence-corrected chi connectivity index (χ1v) is 7.95. The van der Waals surface area contributed by atoms with Crippen LogP contribution in [0.4, 0.5) is 0 Å². The molecule has 4 nitrogen and oxygen atoms in total. The van der Waals surface area contributed by atoms with E-state index < -0.39 is 0 Å². The zero-order valence-corrected chi connectivity index (χ0v) is 14.3. The van der Waals surface area contributed by atoms with Crippen molar-refractivity contribution in [3.8, 4) is 5.75 Å². The van der Waals surface area contributed by atoms with Gasteiger partial charge in [-0.3, -0.25) is 4.79 Å². The van der Waals surface area contributed by atoms with Gasteiger partial charge in [0.05, 0.1) is 4.47 Å². The second kappa shape index (κ2) is 9.58. The molecule has 0 atom stereocenters. The van der Waals surface area contributed by atoms with Crippen molar-refractivity contribution in [3.63, 3.8) is 0 Å². The monoisotopic (exact) mass is 354 g/mol. The van der Waals surface area contributed by atoms with Gasteiger partial charge in [0.2, 0.25) is 0 Å². The van der Waals surface area contributed by atoms with E-state index in [9.17, 15) is 4.79 Å². The van der Waals surface area contributed by atoms with Crippen LogP contribution < -0.4 is 10.1 Å². The molecular weight excluding hydrogens is 332 g/mol. The summed E-state index contributed by atoms with van der Waals surface area (Å²) in [6.45, 7) is 11.8. The lowest BCUT2D eigenvalue weighted by Gasteiger charge is -2.18. The van der Waals surface area contributed by atoms with Gasteiger partial charge < -0.3 is 15.0 Å². The molecule has 0 aliphatic carbocycles. The zero-order valence-electron chi connectivity index (χ0n) is 12.7. The molecule has 0 heterocycles. The van der Waals surface area contributed by atoms with Gasteiger partial charge in [0.25, 0.3) is 5.91 Å². The third-order valence-corrected chi connectivity index (χ3v) is 3.78. The molecule has 0 saturated carbocycles. The lowest BCUT2D eigenvalue weighted by atomic mass is 10.2. The van der Waals surface area contributed by atoms with E-state index in [1.807, 2.05) is 0 Å². The highest BCUT2D eigenvalue weighted by Crippen LogP contribution is 2.26. The minimum atomic E-state index is -0.0712. The number of carbonyl (C=O) groups excluding carboxylic acids is 1. The van der Waals surface area contributed by atoms with E-state index in [1.165, 1.54) is 0 Å². The standard InChI is InChI=1S/C16H23BrN2O2/c1-4-11-21-15-8-7-13(12-14(15)17)16(20)18-9-10-19(5-2)6-3/h4,7-8,12H,1,5-6,9-11H2,2-3H3,(H,18,20). The smallest absolute Gasteiger partial charge is 0.251 e. The van der Waals surface area contributed by atoms with Crippen LogP contribution in [-0.4, -0.2) is 43.6 Å². The third kappa shape index (κ3) is 5.89. The Labute approximate surface area is 135 Å². The number of nitrogens with zero attached hydrogens (tertiary/aromatic N) is 1. The maximum absolute atomic E-state index is 12.1. The number of hydrogen-bond acceptors (Lipinski definition) is 3. The molecule has 0 saturated heterocycles. The Morgan fingerprint density at radius 3 is 2.71 bits per heavy atom. The molecule has 0 aromatic heterocycles. The van der Waals surface area contributed by atoms with Crippen molar-refractivity contribution in [2.45, 2.75) is 13.8 Å². The minimum absolute atomic E-state index is 0.0712. The highest BCUT2D eigenvalue weighted by Gasteiger charge is 2.09. The molecule has 0 aliphatic heterocycles. The molecule has 0 aliphatic rings. The highest BCUT2D eigenvalue weighted by molar-refractivity contribution is 9.10. The van der Waals surface area contributed by atoms with E-state index in [-0.39, 0.29) is 5.91 Å². The third-order valence-electron chi connectivity index (χ3n) is 3.16. The topological polar surface area (TPSA) is 41.6 Å². The Balaban J connectivity index is 2.54. The van der Waals surface area contributed by atoms with E-state index in [0.29, 0.717) is 24.5 Å². The van der Waals surface area contributed by atoms with Crippen LogP contribution in [0.15, 0.2) is 35.3 Å². The SMILES string of the molecule is C=CCOc1ccc(C(=O)NCCN(CC)CC)cc1Br. The van der Waals surface area contributed by atoms with Crippen LogP contribution >= 0.6 is 15.9 Å². The first kappa shape index (κ1) is 17.7. The second-order valence-corrected chi connectivity index (χ2v) is 5.38. The Bertz CT molecular complexity index is 473. The quantitative estimate of drug-likeness (QED) is 0.692. The fourth-order valence-corrected chi connectivity index (χ4v) is 2.37. The maximum atomic E-state index is 12.1. The molecule has 1 amide bonds. The zero-order chi connectivity index (χ0) is 15.7. The summed E-state index contributed by atoms with van der Waals surface area (Å²) in [5, 5.41) is 2.93. The van der Waals surface area contributed by atoms with Crippen molar-refractivity contribution in [2.75, 3.05) is 32.8 Å². The molecule has 21 heavy (non-hydrogen) atoms. The van der Waals surface area contributed by atoms with Crippen LogP contribution in [0.25, 0.3) is 0 Å². The molecule has 0 fully saturated rings. The number of hydrogen-bond donors (Lipinski definition) is 1. The van der Waals surface area contributed by atoms with E-state index in [2.05, 4.69) is 46.6 Å². The van der Waals surface area contributed by atoms with Crippen LogP contribution in [0.5, 0.6) is 5.75 Å². The van der Waals surface area contributed by atoms with Crippen molar-refractivity contribution >= 4 is 21.8 Å². The lowest BCUT2D eigenvalue weighted by Crippen LogP contribution is -2.34. The fourth-order valence-electron chi connectivity index (χ4n) is 1.88. The largest absolute Gasteiger partial charge is 0.488 e. The molecule has 1 N–H and O–H groups in total. The van der Waals surface area contributed by atoms with Crippen molar-refractivity contribution in [3.05, 3.63) is 40.9 Å². The molecule has 0 spiro atoms. The van der Waals surface area contributed by atoms with Crippen molar-refractivity contribution in [1.29, 1.82) is 0 Å². The van der Waals surface area contributed by atoms with Crippen LogP contribution in [0.2, 0.25) is 0 Å². The van der Waals surface area contributed by atoms with E-state index >= 15 is 0 Å². The first-order valence-electron chi connectivity index (χ1n) is 7.16. The number of rotatable bonds is 9. The summed E-state index contributed by atoms with van der Waals surface area (Å²) < 4.78 is 6.22. The predicted octanol–water partition coefficient (Wildman–Crippen LogP) is 3.09. The number of carbonyl (C=O) groups is 1. The van der Waals surface area contributed by atoms with Gasteiger partial charge in [0.1, 0.15) is 12.4 Å². The van der Waals surface area contributed by atoms with Gasteiger partial charge in [0.15, 0.2) is 0 Å². The first-order chi connectivity index (χ1) is 10.1. The van der Waals surface area contributed by atoms with Crippen molar-refractivity contribution in [1.82, 2.24) is 10.2 Å². The maximum Gasteiger partial charge on any atom is 0.251 e. The predicted molar refractivity (Wildman–Crippen MR) is 90.0 cm³/mol. The summed E-state index contributed by atoms with van der Waals surface area (Å²) in [7, 11) is 0. The second-order valence-electron chi connectivity index (χ2n) is 4.53. The summed E-state index contributed by atoms with van der Waals surface area (Å²) in [5.74, 6) is 0.632. The Morgan fingerprint density at radius 2 is 2.14 bits per heavy atom. The fraction of sp³-hybridized carbons (Fsp3) is 0.438. The molecule has 0 unspecified atom stereocenters. The van der Waals surface area contributed by atoms with Crippen molar-refractivity contribution < 1.29 is 9.53 Å². The Hall–Kier alpha value is -1.33. The number of benzene rings is 1. The number of halogens is 1. The van der Waals surface area contributed by atoms with Gasteiger partial charge in [-0.15, -0.1) is 0 Å². The molecule has 1 aromatic carbocycles. The van der Waals surface area contributed by atoms with Crippen LogP contribution in [-0.2, 0) is 0 Å². The molecule has 116 valence electrons. The molecule has 1 rings (SSSR count). The lowest BCUT2D eigenvalue weighted by molar-refractivity contribution is 0.0949. The van der Waals surface area contributed by atoms with Gasteiger partial charge in [-0.1, -0.05) is 26.5 Å². The van der Waals surface area contributed by atoms with Crippen LogP contribution in [0, 0.1) is 0 Å². The summed E-state index contributed by atoms with van der Waals surface area (Å²) >= 11 is 3.41. The Kier molecular flexibility index (Phi) is 8.08. The highest BCUT2D eigenvalue weighted by atomic mass is 79.9. The van der Waals surface area contributed by atoms with E-state index in [0.717, 1.165) is 24.1 Å². The number of likely N-dealkylation sites (N-methyl/N-ethyl adjacent to an activating group) is 1. The molecule has 5 heteroatoms. The molecule has 1 aromatic rings. The summed E-state index contributed by atoms with van der Waals surface area (Å²) in [6, 6.07) is 5.31. The van der Waals surface area contributed by atoms with Crippen LogP contribution in [0.1, 0.15) is 24.2 Å². The average molecular weight is 355 g/mol. The van der Waals surface area contributed by atoms with E-state index in [1.54, 1.807) is 24.3 Å². The molecule has 0 radical (unpaired) electrons. The minimum Gasteiger partial charge on any atom is -0.488 e. The summed E-state index contributed by atoms with van der Waals surface area (Å²) in [5.41, 5.74) is 0.618. The number of nitrogens with one attached hydrogen (secondary N) is 1. The van der Waals surface area contributed by atoms with Gasteiger partial charge in [0, 0.05) is 18.7 Å². The van der Waals surface area contributed by atoms with Gasteiger partial charge in [-0.2, -0.15) is 0 Å². The molecular formula is C16H23BrN2O2. The normalized spacial score (nSPS) is 10.5. The molecule has 0 bridgehead atoms. The summed E-state index contributed by atoms with van der Waals surface area (Å²) in [6.07, 6.45) is 1.68. The number of amides is 1. The van der Waals surface area contributed by atoms with E-state index in [4.69, 9.17) is 4.74 Å². The average Bonchev–Trinajstić information content (AvgIpc) is 2.50. The van der Waals surface area contributed by atoms with Gasteiger partial charge in [-0.25, -0.2) is 0 Å². The van der Waals surface area contributed by atoms with Crippen LogP contribution in [0.3, 0.4) is 0 Å². The Morgan fingerprint density at radius 1 is 1.43 bits per heavy atom. The van der Waals surface area contributed by atoms with Crippen molar-refractivity contribution in [2.24, 2.45) is 0 Å². The van der Waals surface area contributed by atoms with Gasteiger partial charge >= 0.3 is 0 Å².